The second-order valence-electron chi connectivity index (χ2n) is 4.25. The molecule has 0 radical (unpaired) electrons. The van der Waals surface area contributed by atoms with Crippen molar-refractivity contribution in [3.63, 3.8) is 0 Å². The van der Waals surface area contributed by atoms with Gasteiger partial charge in [-0.3, -0.25) is 10.1 Å². The molecule has 1 fully saturated rings. The van der Waals surface area contributed by atoms with E-state index in [0.717, 1.165) is 25.9 Å². The molecule has 3 heteroatoms. The Morgan fingerprint density at radius 3 is 2.93 bits per heavy atom. The number of amides is 1. The Morgan fingerprint density at radius 2 is 2.07 bits per heavy atom. The van der Waals surface area contributed by atoms with E-state index >= 15 is 0 Å². The van der Waals surface area contributed by atoms with Gasteiger partial charge in [0.15, 0.2) is 0 Å². The number of fused-ring (bicyclic) bond motifs is 2. The quantitative estimate of drug-likeness (QED) is 0.645. The summed E-state index contributed by atoms with van der Waals surface area (Å²) in [7, 11) is 0. The standard InChI is InChI=1S/C12H14N2O/c15-11-12(14-8-7-13-11)6-5-9-3-1-2-4-10(9)12/h1-4,14H,5-8H2,(H,13,15). The Hall–Kier alpha value is -1.35. The van der Waals surface area contributed by atoms with E-state index in [-0.39, 0.29) is 5.91 Å². The first-order valence-corrected chi connectivity index (χ1v) is 5.45. The molecule has 0 bridgehead atoms. The van der Waals surface area contributed by atoms with Crippen LogP contribution in [0.4, 0.5) is 0 Å². The van der Waals surface area contributed by atoms with Gasteiger partial charge in [-0.1, -0.05) is 24.3 Å². The molecule has 1 aliphatic carbocycles. The molecule has 1 unspecified atom stereocenters. The van der Waals surface area contributed by atoms with Crippen molar-refractivity contribution in [1.29, 1.82) is 0 Å². The maximum atomic E-state index is 12.0. The second kappa shape index (κ2) is 3.07. The van der Waals surface area contributed by atoms with Gasteiger partial charge in [0.1, 0.15) is 5.54 Å². The molecule has 2 aliphatic rings. The van der Waals surface area contributed by atoms with Crippen LogP contribution in [0.1, 0.15) is 17.5 Å². The van der Waals surface area contributed by atoms with Crippen LogP contribution in [0.3, 0.4) is 0 Å². The molecule has 0 saturated carbocycles. The van der Waals surface area contributed by atoms with E-state index < -0.39 is 5.54 Å². The predicted octanol–water partition coefficient (Wildman–Crippen LogP) is 0.547. The molecule has 15 heavy (non-hydrogen) atoms. The number of nitrogens with one attached hydrogen (secondary N) is 2. The molecule has 1 aromatic carbocycles. The molecule has 1 spiro atoms. The number of hydrogen-bond donors (Lipinski definition) is 2. The van der Waals surface area contributed by atoms with Crippen molar-refractivity contribution in [2.45, 2.75) is 18.4 Å². The number of aryl methyl sites for hydroxylation is 1. The van der Waals surface area contributed by atoms with E-state index in [1.807, 2.05) is 12.1 Å². The van der Waals surface area contributed by atoms with E-state index in [4.69, 9.17) is 0 Å². The van der Waals surface area contributed by atoms with Crippen molar-refractivity contribution in [2.75, 3.05) is 13.1 Å². The van der Waals surface area contributed by atoms with Crippen molar-refractivity contribution >= 4 is 5.91 Å². The van der Waals surface area contributed by atoms with Crippen LogP contribution >= 0.6 is 0 Å². The molecule has 1 heterocycles. The maximum absolute atomic E-state index is 12.0. The maximum Gasteiger partial charge on any atom is 0.244 e. The first-order chi connectivity index (χ1) is 7.33. The highest BCUT2D eigenvalue weighted by Crippen LogP contribution is 2.37. The van der Waals surface area contributed by atoms with Crippen LogP contribution in [0.5, 0.6) is 0 Å². The lowest BCUT2D eigenvalue weighted by Gasteiger charge is -2.34. The van der Waals surface area contributed by atoms with Gasteiger partial charge in [0.2, 0.25) is 5.91 Å². The fourth-order valence-corrected chi connectivity index (χ4v) is 2.71. The van der Waals surface area contributed by atoms with E-state index in [9.17, 15) is 4.79 Å². The van der Waals surface area contributed by atoms with Crippen molar-refractivity contribution in [3.05, 3.63) is 35.4 Å². The van der Waals surface area contributed by atoms with Gasteiger partial charge in [-0.05, 0) is 24.0 Å². The number of hydrogen-bond acceptors (Lipinski definition) is 2. The van der Waals surface area contributed by atoms with Gasteiger partial charge in [0, 0.05) is 13.1 Å². The third kappa shape index (κ3) is 1.13. The fraction of sp³-hybridized carbons (Fsp3) is 0.417. The summed E-state index contributed by atoms with van der Waals surface area (Å²) < 4.78 is 0. The van der Waals surface area contributed by atoms with Gasteiger partial charge in [-0.25, -0.2) is 0 Å². The van der Waals surface area contributed by atoms with Gasteiger partial charge < -0.3 is 5.32 Å². The molecular weight excluding hydrogens is 188 g/mol. The Morgan fingerprint density at radius 1 is 1.20 bits per heavy atom. The lowest BCUT2D eigenvalue weighted by Crippen LogP contribution is -2.59. The largest absolute Gasteiger partial charge is 0.353 e. The normalized spacial score (nSPS) is 28.9. The van der Waals surface area contributed by atoms with E-state index in [2.05, 4.69) is 22.8 Å². The zero-order valence-corrected chi connectivity index (χ0v) is 8.55. The van der Waals surface area contributed by atoms with E-state index in [1.54, 1.807) is 0 Å². The molecular formula is C12H14N2O. The zero-order valence-electron chi connectivity index (χ0n) is 8.55. The second-order valence-corrected chi connectivity index (χ2v) is 4.25. The minimum Gasteiger partial charge on any atom is -0.353 e. The molecule has 1 saturated heterocycles. The number of rotatable bonds is 0. The monoisotopic (exact) mass is 202 g/mol. The van der Waals surface area contributed by atoms with Crippen LogP contribution in [0, 0.1) is 0 Å². The van der Waals surface area contributed by atoms with Crippen molar-refractivity contribution in [3.8, 4) is 0 Å². The summed E-state index contributed by atoms with van der Waals surface area (Å²) in [4.78, 5) is 12.0. The summed E-state index contributed by atoms with van der Waals surface area (Å²) >= 11 is 0. The number of piperazine rings is 1. The molecule has 3 nitrogen and oxygen atoms in total. The van der Waals surface area contributed by atoms with Crippen LogP contribution in [0.25, 0.3) is 0 Å². The highest BCUT2D eigenvalue weighted by molar-refractivity contribution is 5.89. The SMILES string of the molecule is O=C1NCCNC12CCc1ccccc12. The van der Waals surface area contributed by atoms with Crippen molar-refractivity contribution in [2.24, 2.45) is 0 Å². The van der Waals surface area contributed by atoms with Crippen LogP contribution in [0.2, 0.25) is 0 Å². The fourth-order valence-electron chi connectivity index (χ4n) is 2.71. The van der Waals surface area contributed by atoms with Crippen LogP contribution in [0.15, 0.2) is 24.3 Å². The summed E-state index contributed by atoms with van der Waals surface area (Å²) in [5, 5.41) is 6.34. The predicted molar refractivity (Wildman–Crippen MR) is 57.5 cm³/mol. The Balaban J connectivity index is 2.11. The lowest BCUT2D eigenvalue weighted by atomic mass is 9.89. The summed E-state index contributed by atoms with van der Waals surface area (Å²) in [6.45, 7) is 1.60. The minimum absolute atomic E-state index is 0.138. The molecule has 1 atom stereocenters. The van der Waals surface area contributed by atoms with E-state index in [1.165, 1.54) is 11.1 Å². The molecule has 2 N–H and O–H groups in total. The van der Waals surface area contributed by atoms with Crippen LogP contribution < -0.4 is 10.6 Å². The van der Waals surface area contributed by atoms with Gasteiger partial charge in [-0.15, -0.1) is 0 Å². The zero-order chi connectivity index (χ0) is 10.3. The number of carbonyl (C=O) groups is 1. The van der Waals surface area contributed by atoms with Gasteiger partial charge in [0.25, 0.3) is 0 Å². The van der Waals surface area contributed by atoms with E-state index in [0.29, 0.717) is 0 Å². The number of benzene rings is 1. The summed E-state index contributed by atoms with van der Waals surface area (Å²) in [6.07, 6.45) is 1.88. The molecule has 0 aromatic heterocycles. The highest BCUT2D eigenvalue weighted by Gasteiger charge is 2.45. The average molecular weight is 202 g/mol. The summed E-state index contributed by atoms with van der Waals surface area (Å²) in [6, 6.07) is 8.24. The van der Waals surface area contributed by atoms with Crippen LogP contribution in [-0.2, 0) is 16.8 Å². The van der Waals surface area contributed by atoms with Crippen LogP contribution in [-0.4, -0.2) is 19.0 Å². The highest BCUT2D eigenvalue weighted by atomic mass is 16.2. The molecule has 78 valence electrons. The third-order valence-electron chi connectivity index (χ3n) is 3.47. The van der Waals surface area contributed by atoms with Gasteiger partial charge in [0.05, 0.1) is 0 Å². The van der Waals surface area contributed by atoms with Gasteiger partial charge >= 0.3 is 0 Å². The smallest absolute Gasteiger partial charge is 0.244 e. The third-order valence-corrected chi connectivity index (χ3v) is 3.47. The van der Waals surface area contributed by atoms with Crippen molar-refractivity contribution < 1.29 is 4.79 Å². The number of carbonyl (C=O) groups excluding carboxylic acids is 1. The first kappa shape index (κ1) is 8.92. The lowest BCUT2D eigenvalue weighted by molar-refractivity contribution is -0.129. The van der Waals surface area contributed by atoms with Crippen molar-refractivity contribution in [1.82, 2.24) is 10.6 Å². The Kier molecular flexibility index (Phi) is 1.83. The first-order valence-electron chi connectivity index (χ1n) is 5.45. The summed E-state index contributed by atoms with van der Waals surface area (Å²) in [5.41, 5.74) is 2.04. The molecule has 1 amide bonds. The van der Waals surface area contributed by atoms with Gasteiger partial charge in [-0.2, -0.15) is 0 Å². The summed E-state index contributed by atoms with van der Waals surface area (Å²) in [5.74, 6) is 0.138. The molecule has 1 aromatic rings. The Bertz CT molecular complexity index is 412. The Labute approximate surface area is 88.9 Å². The molecule has 3 rings (SSSR count). The minimum atomic E-state index is -0.436. The average Bonchev–Trinajstić information content (AvgIpc) is 2.64. The topological polar surface area (TPSA) is 41.1 Å². The molecule has 1 aliphatic heterocycles.